The van der Waals surface area contributed by atoms with Gasteiger partial charge in [0, 0.05) is 0 Å². The second kappa shape index (κ2) is 22.8. The highest BCUT2D eigenvalue weighted by atomic mass is 14.1. The first-order chi connectivity index (χ1) is 13.7. The molecule has 0 aliphatic rings. The van der Waals surface area contributed by atoms with Gasteiger partial charge in [0.15, 0.2) is 0 Å². The van der Waals surface area contributed by atoms with Crippen LogP contribution in [0.3, 0.4) is 0 Å². The topological polar surface area (TPSA) is 0 Å². The zero-order chi connectivity index (χ0) is 20.7. The van der Waals surface area contributed by atoms with Crippen LogP contribution in [0.2, 0.25) is 0 Å². The Morgan fingerprint density at radius 1 is 0.500 bits per heavy atom. The first-order valence-corrected chi connectivity index (χ1v) is 13.1. The molecular weight excluding hydrogens is 336 g/mol. The van der Waals surface area contributed by atoms with E-state index >= 15 is 0 Å². The lowest BCUT2D eigenvalue weighted by molar-refractivity contribution is 0.590. The third kappa shape index (κ3) is 20.2. The van der Waals surface area contributed by atoms with E-state index in [9.17, 15) is 0 Å². The van der Waals surface area contributed by atoms with Gasteiger partial charge in [-0.2, -0.15) is 0 Å². The minimum atomic E-state index is 1.25. The number of allylic oxidation sites excluding steroid dienone is 3. The zero-order valence-electron chi connectivity index (χ0n) is 20.1. The Kier molecular flexibility index (Phi) is 22.3. The van der Waals surface area contributed by atoms with Gasteiger partial charge in [-0.15, -0.1) is 0 Å². The van der Waals surface area contributed by atoms with Gasteiger partial charge in [-0.1, -0.05) is 115 Å². The highest BCUT2D eigenvalue weighted by Gasteiger charge is 2.00. The number of rotatable bonds is 22. The molecule has 0 aliphatic heterocycles. The van der Waals surface area contributed by atoms with Crippen molar-refractivity contribution in [3.8, 4) is 0 Å². The van der Waals surface area contributed by atoms with E-state index in [1.165, 1.54) is 140 Å². The predicted octanol–water partition coefficient (Wildman–Crippen LogP) is 10.7. The molecule has 0 nitrogen and oxygen atoms in total. The van der Waals surface area contributed by atoms with E-state index in [-0.39, 0.29) is 0 Å². The van der Waals surface area contributed by atoms with Crippen LogP contribution in [-0.4, -0.2) is 0 Å². The fraction of sp³-hybridized carbons (Fsp3) is 0.857. The maximum absolute atomic E-state index is 4.23. The van der Waals surface area contributed by atoms with Crippen molar-refractivity contribution in [3.05, 3.63) is 23.8 Å². The van der Waals surface area contributed by atoms with Crippen molar-refractivity contribution in [3.63, 3.8) is 0 Å². The molecule has 0 unspecified atom stereocenters. The summed E-state index contributed by atoms with van der Waals surface area (Å²) in [4.78, 5) is 0. The molecular formula is C28H54. The maximum atomic E-state index is 4.23. The third-order valence-electron chi connectivity index (χ3n) is 6.00. The largest absolute Gasteiger partial charge is 0.0999 e. The Morgan fingerprint density at radius 3 is 1.54 bits per heavy atom. The lowest BCUT2D eigenvalue weighted by atomic mass is 9.98. The number of hydrogen-bond acceptors (Lipinski definition) is 0. The summed E-state index contributed by atoms with van der Waals surface area (Å²) in [6, 6.07) is 0. The van der Waals surface area contributed by atoms with Crippen molar-refractivity contribution in [1.82, 2.24) is 0 Å². The number of unbranched alkanes of at least 4 members (excludes halogenated alkanes) is 13. The molecule has 166 valence electrons. The van der Waals surface area contributed by atoms with Gasteiger partial charge in [0.1, 0.15) is 0 Å². The fourth-order valence-corrected chi connectivity index (χ4v) is 3.97. The lowest BCUT2D eigenvalue weighted by Crippen LogP contribution is -1.89. The van der Waals surface area contributed by atoms with Gasteiger partial charge in [-0.05, 0) is 64.2 Å². The molecule has 0 atom stereocenters. The van der Waals surface area contributed by atoms with Crippen LogP contribution in [0.1, 0.15) is 156 Å². The summed E-state index contributed by atoms with van der Waals surface area (Å²) in [5, 5.41) is 0. The molecule has 0 saturated heterocycles. The first-order valence-electron chi connectivity index (χ1n) is 13.1. The molecule has 0 aliphatic carbocycles. The van der Waals surface area contributed by atoms with E-state index in [2.05, 4.69) is 33.4 Å². The van der Waals surface area contributed by atoms with Gasteiger partial charge in [0.2, 0.25) is 0 Å². The van der Waals surface area contributed by atoms with Crippen molar-refractivity contribution in [2.24, 2.45) is 0 Å². The second-order valence-corrected chi connectivity index (χ2v) is 9.00. The minimum Gasteiger partial charge on any atom is -0.0999 e. The summed E-state index contributed by atoms with van der Waals surface area (Å²) in [5.74, 6) is 0. The Bertz CT molecular complexity index is 349. The van der Waals surface area contributed by atoms with Crippen LogP contribution >= 0.6 is 0 Å². The second-order valence-electron chi connectivity index (χ2n) is 9.00. The summed E-state index contributed by atoms with van der Waals surface area (Å²) >= 11 is 0. The lowest BCUT2D eigenvalue weighted by Gasteiger charge is -2.09. The van der Waals surface area contributed by atoms with Crippen molar-refractivity contribution in [2.45, 2.75) is 156 Å². The van der Waals surface area contributed by atoms with Gasteiger partial charge >= 0.3 is 0 Å². The molecule has 0 spiro atoms. The van der Waals surface area contributed by atoms with E-state index < -0.39 is 0 Å². The van der Waals surface area contributed by atoms with E-state index in [1.807, 2.05) is 0 Å². The molecule has 0 aromatic carbocycles. The van der Waals surface area contributed by atoms with Crippen molar-refractivity contribution < 1.29 is 0 Å². The highest BCUT2D eigenvalue weighted by Crippen LogP contribution is 2.20. The van der Waals surface area contributed by atoms with E-state index in [4.69, 9.17) is 0 Å². The Balaban J connectivity index is 3.90. The van der Waals surface area contributed by atoms with Gasteiger partial charge in [-0.25, -0.2) is 0 Å². The molecule has 28 heavy (non-hydrogen) atoms. The van der Waals surface area contributed by atoms with Crippen molar-refractivity contribution in [1.29, 1.82) is 0 Å². The van der Waals surface area contributed by atoms with Gasteiger partial charge in [0.05, 0.1) is 0 Å². The van der Waals surface area contributed by atoms with Gasteiger partial charge in [0.25, 0.3) is 0 Å². The minimum absolute atomic E-state index is 1.25. The molecule has 0 heterocycles. The Labute approximate surface area is 179 Å². The van der Waals surface area contributed by atoms with Crippen LogP contribution < -0.4 is 0 Å². The average Bonchev–Trinajstić information content (AvgIpc) is 2.70. The van der Waals surface area contributed by atoms with Crippen LogP contribution in [-0.2, 0) is 0 Å². The molecule has 0 rings (SSSR count). The fourth-order valence-electron chi connectivity index (χ4n) is 3.97. The molecule has 0 bridgehead atoms. The van der Waals surface area contributed by atoms with Gasteiger partial charge < -0.3 is 0 Å². The third-order valence-corrected chi connectivity index (χ3v) is 6.00. The molecule has 0 aromatic rings. The first kappa shape index (κ1) is 27.5. The van der Waals surface area contributed by atoms with Crippen molar-refractivity contribution >= 4 is 0 Å². The van der Waals surface area contributed by atoms with Crippen LogP contribution in [0.4, 0.5) is 0 Å². The van der Waals surface area contributed by atoms with Crippen LogP contribution in [0, 0.1) is 0 Å². The van der Waals surface area contributed by atoms with Gasteiger partial charge in [-0.3, -0.25) is 0 Å². The molecule has 0 radical (unpaired) electrons. The quantitative estimate of drug-likeness (QED) is 0.127. The van der Waals surface area contributed by atoms with E-state index in [0.717, 1.165) is 0 Å². The SMILES string of the molecule is C=C(CCCC)CCCCCCC=C(CCCCCC)CCCCCCCC. The molecule has 0 aromatic heterocycles. The summed E-state index contributed by atoms with van der Waals surface area (Å²) in [6.45, 7) is 11.1. The molecule has 0 fully saturated rings. The van der Waals surface area contributed by atoms with E-state index in [0.29, 0.717) is 0 Å². The Hall–Kier alpha value is -0.520. The van der Waals surface area contributed by atoms with Crippen LogP contribution in [0.5, 0.6) is 0 Å². The molecule has 0 saturated carbocycles. The molecule has 0 heteroatoms. The summed E-state index contributed by atoms with van der Waals surface area (Å²) in [5.41, 5.74) is 3.26. The summed E-state index contributed by atoms with van der Waals surface area (Å²) in [7, 11) is 0. The standard InChI is InChI=1S/C28H54/c1-5-8-11-13-16-20-25-28(24-19-12-9-6-2)26-21-17-14-15-18-23-27(4)22-10-7-3/h26H,4-25H2,1-3H3. The highest BCUT2D eigenvalue weighted by molar-refractivity contribution is 5.02. The normalized spacial score (nSPS) is 11.9. The smallest absolute Gasteiger partial charge is 0.0320 e. The van der Waals surface area contributed by atoms with Crippen molar-refractivity contribution in [2.75, 3.05) is 0 Å². The zero-order valence-corrected chi connectivity index (χ0v) is 20.1. The van der Waals surface area contributed by atoms with Crippen LogP contribution in [0.15, 0.2) is 23.8 Å². The predicted molar refractivity (Wildman–Crippen MR) is 131 cm³/mol. The average molecular weight is 391 g/mol. The summed E-state index contributed by atoms with van der Waals surface area (Å²) in [6.07, 6.45) is 31.5. The van der Waals surface area contributed by atoms with Crippen LogP contribution in [0.25, 0.3) is 0 Å². The maximum Gasteiger partial charge on any atom is -0.0320 e. The van der Waals surface area contributed by atoms with E-state index in [1.54, 1.807) is 5.57 Å². The Morgan fingerprint density at radius 2 is 0.929 bits per heavy atom. The monoisotopic (exact) mass is 390 g/mol. The number of hydrogen-bond donors (Lipinski definition) is 0. The molecule has 0 N–H and O–H groups in total. The molecule has 0 amide bonds. The summed E-state index contributed by atoms with van der Waals surface area (Å²) < 4.78 is 0.